The third kappa shape index (κ3) is 4.21. The van der Waals surface area contributed by atoms with Crippen molar-refractivity contribution in [2.45, 2.75) is 19.9 Å². The van der Waals surface area contributed by atoms with Gasteiger partial charge in [0.1, 0.15) is 0 Å². The number of hydrogen-bond donors (Lipinski definition) is 2. The van der Waals surface area contributed by atoms with Crippen LogP contribution in [0, 0.1) is 0 Å². The third-order valence-corrected chi connectivity index (χ3v) is 2.29. The number of furan rings is 1. The van der Waals surface area contributed by atoms with Crippen LogP contribution in [0.3, 0.4) is 0 Å². The first-order valence-corrected chi connectivity index (χ1v) is 5.81. The van der Waals surface area contributed by atoms with Gasteiger partial charge in [-0.15, -0.1) is 0 Å². The van der Waals surface area contributed by atoms with Crippen LogP contribution in [0.15, 0.2) is 16.7 Å². The number of rotatable bonds is 7. The molecule has 0 aromatic carbocycles. The summed E-state index contributed by atoms with van der Waals surface area (Å²) in [4.78, 5) is 22.6. The normalized spacial score (nSPS) is 10.1. The van der Waals surface area contributed by atoms with E-state index in [1.54, 1.807) is 6.07 Å². The number of carbonyl (C=O) groups excluding carboxylic acids is 2. The van der Waals surface area contributed by atoms with Gasteiger partial charge in [-0.05, 0) is 12.5 Å². The second-order valence-corrected chi connectivity index (χ2v) is 3.72. The summed E-state index contributed by atoms with van der Waals surface area (Å²) in [6, 6.07) is 1.67. The molecule has 0 atom stereocenters. The molecule has 0 spiro atoms. The molecule has 0 radical (unpaired) electrons. The quantitative estimate of drug-likeness (QED) is 0.699. The van der Waals surface area contributed by atoms with E-state index in [1.807, 2.05) is 6.92 Å². The van der Waals surface area contributed by atoms with Crippen molar-refractivity contribution in [2.75, 3.05) is 20.2 Å². The van der Waals surface area contributed by atoms with Gasteiger partial charge in [0.25, 0.3) is 0 Å². The largest absolute Gasteiger partial charge is 0.463 e. The van der Waals surface area contributed by atoms with Crippen LogP contribution in [-0.4, -0.2) is 32.1 Å². The Balaban J connectivity index is 2.37. The molecule has 0 aliphatic heterocycles. The summed E-state index contributed by atoms with van der Waals surface area (Å²) in [5.74, 6) is -0.425. The summed E-state index contributed by atoms with van der Waals surface area (Å²) in [6.45, 7) is 3.23. The Morgan fingerprint density at radius 2 is 2.22 bits per heavy atom. The number of nitrogens with one attached hydrogen (secondary N) is 2. The van der Waals surface area contributed by atoms with Gasteiger partial charge in [0.05, 0.1) is 19.9 Å². The molecule has 0 aliphatic carbocycles. The molecule has 0 bridgehead atoms. The molecule has 1 rings (SSSR count). The highest BCUT2D eigenvalue weighted by molar-refractivity contribution is 5.87. The van der Waals surface area contributed by atoms with Crippen LogP contribution in [0.2, 0.25) is 0 Å². The average molecular weight is 254 g/mol. The van der Waals surface area contributed by atoms with Crippen LogP contribution >= 0.6 is 0 Å². The molecular formula is C12H18N2O4. The first kappa shape index (κ1) is 14.2. The summed E-state index contributed by atoms with van der Waals surface area (Å²) >= 11 is 0. The lowest BCUT2D eigenvalue weighted by atomic mass is 10.2. The Kier molecular flexibility index (Phi) is 5.93. The number of esters is 1. The fourth-order valence-corrected chi connectivity index (χ4v) is 1.38. The van der Waals surface area contributed by atoms with Gasteiger partial charge in [0, 0.05) is 18.7 Å². The van der Waals surface area contributed by atoms with E-state index in [9.17, 15) is 9.59 Å². The van der Waals surface area contributed by atoms with Crippen molar-refractivity contribution in [3.63, 3.8) is 0 Å². The Hall–Kier alpha value is -1.82. The lowest BCUT2D eigenvalue weighted by Gasteiger charge is -2.05. The Morgan fingerprint density at radius 3 is 2.89 bits per heavy atom. The van der Waals surface area contributed by atoms with Crippen molar-refractivity contribution in [1.82, 2.24) is 10.6 Å². The summed E-state index contributed by atoms with van der Waals surface area (Å²) < 4.78 is 9.60. The van der Waals surface area contributed by atoms with Gasteiger partial charge in [-0.3, -0.25) is 4.79 Å². The number of methoxy groups -OCH3 is 1. The number of amides is 1. The maximum atomic E-state index is 11.3. The minimum absolute atomic E-state index is 0.0695. The van der Waals surface area contributed by atoms with Crippen molar-refractivity contribution in [3.05, 3.63) is 23.7 Å². The van der Waals surface area contributed by atoms with Crippen molar-refractivity contribution in [2.24, 2.45) is 0 Å². The smallest absolute Gasteiger partial charge is 0.374 e. The molecule has 1 amide bonds. The molecule has 1 aromatic heterocycles. The third-order valence-electron chi connectivity index (χ3n) is 2.29. The standard InChI is InChI=1S/C12H18N2O4/c1-3-5-14-10(15)8-13-7-9-4-6-18-11(9)12(16)17-2/h4,6,13H,3,5,7-8H2,1-2H3,(H,14,15). The van der Waals surface area contributed by atoms with Crippen LogP contribution in [0.25, 0.3) is 0 Å². The van der Waals surface area contributed by atoms with Crippen molar-refractivity contribution < 1.29 is 18.7 Å². The molecule has 0 aliphatic rings. The SMILES string of the molecule is CCCNC(=O)CNCc1ccoc1C(=O)OC. The van der Waals surface area contributed by atoms with Crippen LogP contribution in [0.4, 0.5) is 0 Å². The molecule has 6 nitrogen and oxygen atoms in total. The molecule has 0 saturated heterocycles. The van der Waals surface area contributed by atoms with Crippen LogP contribution in [-0.2, 0) is 16.1 Å². The lowest BCUT2D eigenvalue weighted by Crippen LogP contribution is -2.34. The maximum absolute atomic E-state index is 11.3. The minimum atomic E-state index is -0.521. The topological polar surface area (TPSA) is 80.6 Å². The second-order valence-electron chi connectivity index (χ2n) is 3.72. The van der Waals surface area contributed by atoms with Crippen LogP contribution in [0.1, 0.15) is 29.5 Å². The Labute approximate surface area is 106 Å². The molecule has 0 unspecified atom stereocenters. The Bertz CT molecular complexity index is 401. The first-order valence-electron chi connectivity index (χ1n) is 5.81. The van der Waals surface area contributed by atoms with Gasteiger partial charge in [-0.1, -0.05) is 6.92 Å². The summed E-state index contributed by atoms with van der Waals surface area (Å²) in [7, 11) is 1.29. The van der Waals surface area contributed by atoms with Gasteiger partial charge in [0.2, 0.25) is 11.7 Å². The van der Waals surface area contributed by atoms with E-state index in [4.69, 9.17) is 4.42 Å². The summed E-state index contributed by atoms with van der Waals surface area (Å²) in [5.41, 5.74) is 0.671. The predicted molar refractivity (Wildman–Crippen MR) is 65.1 cm³/mol. The predicted octanol–water partition coefficient (Wildman–Crippen LogP) is 0.682. The van der Waals surface area contributed by atoms with E-state index in [2.05, 4.69) is 15.4 Å². The molecule has 1 heterocycles. The monoisotopic (exact) mass is 254 g/mol. The molecule has 0 fully saturated rings. The maximum Gasteiger partial charge on any atom is 0.374 e. The molecule has 1 aromatic rings. The Morgan fingerprint density at radius 1 is 1.44 bits per heavy atom. The minimum Gasteiger partial charge on any atom is -0.463 e. The van der Waals surface area contributed by atoms with Crippen molar-refractivity contribution in [3.8, 4) is 0 Å². The fraction of sp³-hybridized carbons (Fsp3) is 0.500. The number of carbonyl (C=O) groups is 2. The zero-order chi connectivity index (χ0) is 13.4. The summed E-state index contributed by atoms with van der Waals surface area (Å²) in [6.07, 6.45) is 2.32. The van der Waals surface area contributed by atoms with Gasteiger partial charge in [-0.25, -0.2) is 4.79 Å². The zero-order valence-electron chi connectivity index (χ0n) is 10.6. The van der Waals surface area contributed by atoms with Gasteiger partial charge < -0.3 is 19.8 Å². The van der Waals surface area contributed by atoms with E-state index >= 15 is 0 Å². The van der Waals surface area contributed by atoms with Crippen LogP contribution < -0.4 is 10.6 Å². The van der Waals surface area contributed by atoms with E-state index in [-0.39, 0.29) is 18.2 Å². The van der Waals surface area contributed by atoms with Crippen LogP contribution in [0.5, 0.6) is 0 Å². The van der Waals surface area contributed by atoms with Gasteiger partial charge >= 0.3 is 5.97 Å². The molecule has 6 heteroatoms. The molecule has 2 N–H and O–H groups in total. The number of ether oxygens (including phenoxy) is 1. The number of hydrogen-bond acceptors (Lipinski definition) is 5. The summed E-state index contributed by atoms with van der Waals surface area (Å²) in [5, 5.41) is 5.68. The second kappa shape index (κ2) is 7.50. The molecule has 100 valence electrons. The first-order chi connectivity index (χ1) is 8.69. The fourth-order valence-electron chi connectivity index (χ4n) is 1.38. The van der Waals surface area contributed by atoms with Crippen molar-refractivity contribution >= 4 is 11.9 Å². The van der Waals surface area contributed by atoms with Crippen molar-refractivity contribution in [1.29, 1.82) is 0 Å². The molecule has 18 heavy (non-hydrogen) atoms. The molecule has 0 saturated carbocycles. The van der Waals surface area contributed by atoms with Gasteiger partial charge in [0.15, 0.2) is 0 Å². The van der Waals surface area contributed by atoms with E-state index in [0.29, 0.717) is 18.7 Å². The highest BCUT2D eigenvalue weighted by Gasteiger charge is 2.15. The highest BCUT2D eigenvalue weighted by Crippen LogP contribution is 2.11. The van der Waals surface area contributed by atoms with Gasteiger partial charge in [-0.2, -0.15) is 0 Å². The lowest BCUT2D eigenvalue weighted by molar-refractivity contribution is -0.120. The molecular weight excluding hydrogens is 236 g/mol. The average Bonchev–Trinajstić information content (AvgIpc) is 2.83. The zero-order valence-corrected chi connectivity index (χ0v) is 10.6. The van der Waals surface area contributed by atoms with E-state index < -0.39 is 5.97 Å². The highest BCUT2D eigenvalue weighted by atomic mass is 16.5. The van der Waals surface area contributed by atoms with E-state index in [1.165, 1.54) is 13.4 Å². The van der Waals surface area contributed by atoms with E-state index in [0.717, 1.165) is 6.42 Å².